The lowest BCUT2D eigenvalue weighted by molar-refractivity contribution is -0.318. The van der Waals surface area contributed by atoms with Gasteiger partial charge in [-0.05, 0) is 72.6 Å². The number of alkyl halides is 17. The summed E-state index contributed by atoms with van der Waals surface area (Å²) in [6.45, 7) is 13.2. The summed E-state index contributed by atoms with van der Waals surface area (Å²) in [5, 5.41) is 0. The molecule has 0 saturated heterocycles. The summed E-state index contributed by atoms with van der Waals surface area (Å²) >= 11 is 0. The first-order valence-corrected chi connectivity index (χ1v) is 19.4. The van der Waals surface area contributed by atoms with Crippen LogP contribution in [-0.2, 0) is 38.1 Å². The number of carbonyl (C=O) groups is 4. The van der Waals surface area contributed by atoms with Gasteiger partial charge in [-0.2, -0.15) is 61.5 Å². The molecule has 2 rings (SSSR count). The highest BCUT2D eigenvalue weighted by Crippen LogP contribution is 2.76. The molecule has 372 valence electrons. The topological polar surface area (TPSA) is 105 Å². The van der Waals surface area contributed by atoms with E-state index in [9.17, 15) is 93.8 Å². The molecule has 2 fully saturated rings. The fraction of sp³-hybridized carbons (Fsp3) is 0.895. The minimum Gasteiger partial charge on any atom is -0.459 e. The number of esters is 4. The molecule has 2 saturated carbocycles. The third-order valence-corrected chi connectivity index (χ3v) is 11.2. The Balaban J connectivity index is 0.000000920. The molecule has 0 N–H and O–H groups in total. The maximum atomic E-state index is 14.3. The summed E-state index contributed by atoms with van der Waals surface area (Å²) in [5.41, 5.74) is -13.8. The molecule has 2 aliphatic carbocycles. The number of hydrogen-bond donors (Lipinski definition) is 0. The minimum atomic E-state index is -6.32. The molecular weight excluding hydrogens is 907 g/mol. The molecule has 63 heavy (non-hydrogen) atoms. The average Bonchev–Trinajstić information content (AvgIpc) is 3.33. The van der Waals surface area contributed by atoms with Gasteiger partial charge in [0, 0.05) is 6.42 Å². The Bertz CT molecular complexity index is 1560. The fourth-order valence-electron chi connectivity index (χ4n) is 5.43. The van der Waals surface area contributed by atoms with Crippen molar-refractivity contribution >= 4 is 23.9 Å². The van der Waals surface area contributed by atoms with E-state index in [0.29, 0.717) is 25.7 Å². The van der Waals surface area contributed by atoms with Crippen molar-refractivity contribution in [3.63, 3.8) is 0 Å². The zero-order valence-corrected chi connectivity index (χ0v) is 36.0. The van der Waals surface area contributed by atoms with Crippen LogP contribution in [0.5, 0.6) is 0 Å². The Hall–Kier alpha value is -3.31. The van der Waals surface area contributed by atoms with Gasteiger partial charge in [0.1, 0.15) is 5.60 Å². The van der Waals surface area contributed by atoms with Crippen LogP contribution < -0.4 is 0 Å². The smallest absolute Gasteiger partial charge is 0.456 e. The maximum absolute atomic E-state index is 14.3. The Morgan fingerprint density at radius 1 is 0.619 bits per heavy atom. The number of fused-ring (bicyclic) bond motifs is 2. The van der Waals surface area contributed by atoms with Crippen molar-refractivity contribution < 1.29 is 113 Å². The van der Waals surface area contributed by atoms with E-state index in [4.69, 9.17) is 4.74 Å². The third kappa shape index (κ3) is 12.1. The highest BCUT2D eigenvalue weighted by atomic mass is 19.4. The first kappa shape index (κ1) is 59.7. The Morgan fingerprint density at radius 3 is 1.44 bits per heavy atom. The monoisotopic (exact) mass is 960 g/mol. The Morgan fingerprint density at radius 2 is 1.06 bits per heavy atom. The molecule has 5 atom stereocenters. The summed E-state index contributed by atoms with van der Waals surface area (Å²) in [6.07, 6.45) is -16.3. The van der Waals surface area contributed by atoms with Crippen LogP contribution in [0.25, 0.3) is 0 Å². The largest absolute Gasteiger partial charge is 0.459 e. The lowest BCUT2D eigenvalue weighted by Crippen LogP contribution is -2.68. The molecule has 0 spiro atoms. The molecule has 0 heterocycles. The second-order valence-electron chi connectivity index (χ2n) is 16.4. The van der Waals surface area contributed by atoms with Gasteiger partial charge < -0.3 is 18.9 Å². The van der Waals surface area contributed by atoms with Gasteiger partial charge in [-0.3, -0.25) is 14.4 Å². The van der Waals surface area contributed by atoms with E-state index in [-0.39, 0.29) is 25.2 Å². The molecular formula is C38H53F17O8. The second kappa shape index (κ2) is 20.5. The predicted octanol–water partition coefficient (Wildman–Crippen LogP) is 11.6. The molecule has 0 aromatic rings. The molecule has 0 aromatic heterocycles. The van der Waals surface area contributed by atoms with Gasteiger partial charge in [0.05, 0.1) is 16.7 Å². The van der Waals surface area contributed by atoms with Crippen LogP contribution in [-0.4, -0.2) is 102 Å². The quantitative estimate of drug-likeness (QED) is 0.0806. The van der Waals surface area contributed by atoms with E-state index >= 15 is 0 Å². The van der Waals surface area contributed by atoms with Crippen LogP contribution in [0.2, 0.25) is 0 Å². The predicted molar refractivity (Wildman–Crippen MR) is 187 cm³/mol. The summed E-state index contributed by atoms with van der Waals surface area (Å²) in [5.74, 6) is -29.2. The highest BCUT2D eigenvalue weighted by molar-refractivity contribution is 5.79. The summed E-state index contributed by atoms with van der Waals surface area (Å²) < 4.78 is 238. The molecule has 25 heteroatoms. The Labute approximate surface area is 352 Å². The van der Waals surface area contributed by atoms with E-state index in [0.717, 1.165) is 6.92 Å². The van der Waals surface area contributed by atoms with Gasteiger partial charge in [-0.1, -0.05) is 41.5 Å². The number of rotatable bonds is 17. The first-order valence-electron chi connectivity index (χ1n) is 19.4. The van der Waals surface area contributed by atoms with Crippen LogP contribution in [0.15, 0.2) is 0 Å². The number of halogens is 17. The number of carbonyl (C=O) groups excluding carboxylic acids is 4. The van der Waals surface area contributed by atoms with Gasteiger partial charge in [-0.25, -0.2) is 18.0 Å². The van der Waals surface area contributed by atoms with Crippen molar-refractivity contribution in [3.05, 3.63) is 0 Å². The lowest BCUT2D eigenvalue weighted by atomic mass is 9.85. The summed E-state index contributed by atoms with van der Waals surface area (Å²) in [7, 11) is 0. The summed E-state index contributed by atoms with van der Waals surface area (Å²) in [6, 6.07) is 0. The maximum Gasteiger partial charge on any atom is 0.456 e. The normalized spacial score (nSPS) is 24.5. The van der Waals surface area contributed by atoms with Crippen LogP contribution >= 0.6 is 0 Å². The second-order valence-corrected chi connectivity index (χ2v) is 16.4. The fourth-order valence-corrected chi connectivity index (χ4v) is 5.43. The average molecular weight is 961 g/mol. The van der Waals surface area contributed by atoms with E-state index in [2.05, 4.69) is 14.2 Å². The molecule has 5 unspecified atom stereocenters. The van der Waals surface area contributed by atoms with Crippen LogP contribution in [0.3, 0.4) is 0 Å². The van der Waals surface area contributed by atoms with Gasteiger partial charge in [0.2, 0.25) is 0 Å². The SMILES string of the molecule is CCC(C)(C)C(=O)OCC(=O)OCC(F)(F)C(F)(F)F.CCC(C)C(=O)OC1C(F)C2(F)C(F)(F)C(F)(F)C1(F)C2(F)F.CCC(CC)(CCCC(F)(F)F)OC(=O)C(C)(C)CC. The van der Waals surface area contributed by atoms with Gasteiger partial charge in [0.15, 0.2) is 25.5 Å². The van der Waals surface area contributed by atoms with Gasteiger partial charge >= 0.3 is 59.9 Å². The molecule has 8 nitrogen and oxygen atoms in total. The van der Waals surface area contributed by atoms with Crippen LogP contribution in [0.1, 0.15) is 121 Å². The first-order chi connectivity index (χ1) is 28.0. The number of hydrogen-bond acceptors (Lipinski definition) is 8. The van der Waals surface area contributed by atoms with Crippen molar-refractivity contribution in [1.82, 2.24) is 0 Å². The van der Waals surface area contributed by atoms with Gasteiger partial charge in [-0.15, -0.1) is 0 Å². The third-order valence-electron chi connectivity index (χ3n) is 11.2. The Kier molecular flexibility index (Phi) is 19.4. The van der Waals surface area contributed by atoms with E-state index in [1.807, 2.05) is 20.8 Å². The summed E-state index contributed by atoms with van der Waals surface area (Å²) in [4.78, 5) is 45.9. The van der Waals surface area contributed by atoms with Crippen molar-refractivity contribution in [2.75, 3.05) is 13.2 Å². The van der Waals surface area contributed by atoms with E-state index in [1.54, 1.807) is 20.8 Å². The highest BCUT2D eigenvalue weighted by Gasteiger charge is 3.08. The van der Waals surface area contributed by atoms with E-state index in [1.165, 1.54) is 20.8 Å². The molecule has 0 aliphatic heterocycles. The molecule has 0 aromatic carbocycles. The van der Waals surface area contributed by atoms with Gasteiger partial charge in [0.25, 0.3) is 11.3 Å². The van der Waals surface area contributed by atoms with Crippen LogP contribution in [0, 0.1) is 16.7 Å². The zero-order valence-electron chi connectivity index (χ0n) is 36.0. The van der Waals surface area contributed by atoms with Crippen molar-refractivity contribution in [3.8, 4) is 0 Å². The van der Waals surface area contributed by atoms with Crippen molar-refractivity contribution in [2.45, 2.75) is 186 Å². The molecule has 2 bridgehead atoms. The standard InChI is InChI=1S/C15H27F3O2.C12H11F9O2.C11H15F5O4/c1-6-13(4,5)12(19)20-14(7-2,8-3)10-9-11-15(16,17)18;1-3-4(2)7(22)23-6-5(13)8(14)10(16,17)9(6,15)12(20,21)11(8,18)19;1-4-9(2,3)8(18)19-5-7(17)20-6-10(12,13)11(14,15)16/h6-11H2,1-5H3;4-6H,3H2,1-2H3;4-6H2,1-3H3. The lowest BCUT2D eigenvalue weighted by Gasteiger charge is -2.39. The zero-order chi connectivity index (χ0) is 50.4. The molecule has 2 aliphatic rings. The number of ether oxygens (including phenoxy) is 4. The van der Waals surface area contributed by atoms with Crippen molar-refractivity contribution in [1.29, 1.82) is 0 Å². The van der Waals surface area contributed by atoms with Crippen molar-refractivity contribution in [2.24, 2.45) is 16.7 Å². The van der Waals surface area contributed by atoms with E-state index < -0.39 is 120 Å². The molecule has 0 amide bonds. The molecule has 0 radical (unpaired) electrons. The minimum absolute atomic E-state index is 0.00892. The van der Waals surface area contributed by atoms with Crippen LogP contribution in [0.4, 0.5) is 74.6 Å².